The minimum absolute atomic E-state index is 0.116. The zero-order chi connectivity index (χ0) is 21.3. The van der Waals surface area contributed by atoms with E-state index < -0.39 is 5.97 Å². The predicted molar refractivity (Wildman–Crippen MR) is 116 cm³/mol. The average molecular weight is 432 g/mol. The third-order valence-electron chi connectivity index (χ3n) is 5.37. The van der Waals surface area contributed by atoms with E-state index in [2.05, 4.69) is 22.2 Å². The molecule has 0 aliphatic carbocycles. The summed E-state index contributed by atoms with van der Waals surface area (Å²) >= 11 is 1.62. The van der Waals surface area contributed by atoms with Crippen molar-refractivity contribution in [1.29, 1.82) is 0 Å². The van der Waals surface area contributed by atoms with Crippen LogP contribution in [0, 0.1) is 0 Å². The van der Waals surface area contributed by atoms with E-state index in [0.29, 0.717) is 5.69 Å². The quantitative estimate of drug-likeness (QED) is 0.646. The van der Waals surface area contributed by atoms with Crippen LogP contribution in [0.1, 0.15) is 0 Å². The highest BCUT2D eigenvalue weighted by molar-refractivity contribution is 7.22. The summed E-state index contributed by atoms with van der Waals surface area (Å²) in [6, 6.07) is 5.70. The molecule has 30 heavy (non-hydrogen) atoms. The lowest BCUT2D eigenvalue weighted by atomic mass is 10.2. The molecule has 0 saturated carbocycles. The van der Waals surface area contributed by atoms with E-state index in [4.69, 9.17) is 9.72 Å². The Morgan fingerprint density at radius 2 is 2.07 bits per heavy atom. The number of ether oxygens (including phenoxy) is 1. The van der Waals surface area contributed by atoms with Gasteiger partial charge < -0.3 is 29.9 Å². The van der Waals surface area contributed by atoms with Crippen molar-refractivity contribution in [3.05, 3.63) is 29.5 Å². The summed E-state index contributed by atoms with van der Waals surface area (Å²) in [6.45, 7) is 4.03. The van der Waals surface area contributed by atoms with Gasteiger partial charge in [0.15, 0.2) is 5.13 Å². The van der Waals surface area contributed by atoms with Crippen molar-refractivity contribution in [3.8, 4) is 0 Å². The minimum Gasteiger partial charge on any atom is -0.466 e. The number of nitrogens with one attached hydrogen (secondary N) is 1. The number of aromatic nitrogens is 1. The zero-order valence-electron chi connectivity index (χ0n) is 17.1. The second-order valence-electron chi connectivity index (χ2n) is 7.39. The molecule has 1 aromatic carbocycles. The topological polar surface area (TPSA) is 98.2 Å². The van der Waals surface area contributed by atoms with Gasteiger partial charge in [-0.2, -0.15) is 0 Å². The molecule has 2 aromatic rings. The third-order valence-corrected chi connectivity index (χ3v) is 6.45. The lowest BCUT2D eigenvalue weighted by molar-refractivity contribution is -0.136. The standard InChI is InChI=1S/C20H25N5O4S/c1-23-5-7-24(8-6-23)20-22-15-4-3-13(11-16(15)30-20)21-17-14(19(28)29-2)12-25(9-10-26)18(17)27/h3-4,11,21,26H,5-10,12H2,1-2H3. The van der Waals surface area contributed by atoms with E-state index in [1.165, 1.54) is 12.0 Å². The van der Waals surface area contributed by atoms with Gasteiger partial charge in [0, 0.05) is 38.4 Å². The van der Waals surface area contributed by atoms with Gasteiger partial charge in [-0.15, -0.1) is 0 Å². The number of aliphatic hydroxyl groups is 1. The number of anilines is 2. The molecule has 9 nitrogen and oxygen atoms in total. The van der Waals surface area contributed by atoms with Crippen LogP contribution in [0.15, 0.2) is 29.5 Å². The van der Waals surface area contributed by atoms with Crippen molar-refractivity contribution < 1.29 is 19.4 Å². The average Bonchev–Trinajstić information content (AvgIpc) is 3.30. The smallest absolute Gasteiger partial charge is 0.337 e. The number of likely N-dealkylation sites (N-methyl/N-ethyl adjacent to an activating group) is 1. The molecule has 160 valence electrons. The van der Waals surface area contributed by atoms with E-state index in [0.717, 1.165) is 41.5 Å². The molecule has 1 fully saturated rings. The number of benzene rings is 1. The van der Waals surface area contributed by atoms with Gasteiger partial charge in [0.25, 0.3) is 5.91 Å². The number of piperazine rings is 1. The Morgan fingerprint density at radius 3 is 2.77 bits per heavy atom. The highest BCUT2D eigenvalue weighted by Crippen LogP contribution is 2.32. The van der Waals surface area contributed by atoms with Crippen LogP contribution < -0.4 is 10.2 Å². The van der Waals surface area contributed by atoms with Gasteiger partial charge in [0.05, 0.1) is 36.1 Å². The number of β-amino-alcohol motifs (C(OH)–C–C–N with tert-alkyl or cyclic N) is 1. The first-order valence-corrected chi connectivity index (χ1v) is 10.6. The fourth-order valence-corrected chi connectivity index (χ4v) is 4.67. The first-order chi connectivity index (χ1) is 14.5. The Morgan fingerprint density at radius 1 is 1.30 bits per heavy atom. The number of carbonyl (C=O) groups excluding carboxylic acids is 2. The number of amides is 1. The summed E-state index contributed by atoms with van der Waals surface area (Å²) in [4.78, 5) is 35.6. The van der Waals surface area contributed by atoms with Crippen LogP contribution >= 0.6 is 11.3 Å². The zero-order valence-corrected chi connectivity index (χ0v) is 17.9. The van der Waals surface area contributed by atoms with Crippen molar-refractivity contribution in [2.24, 2.45) is 0 Å². The number of hydrogen-bond donors (Lipinski definition) is 2. The maximum atomic E-state index is 12.7. The second kappa shape index (κ2) is 8.58. The van der Waals surface area contributed by atoms with Crippen molar-refractivity contribution in [1.82, 2.24) is 14.8 Å². The molecule has 3 heterocycles. The van der Waals surface area contributed by atoms with Crippen LogP contribution in [0.2, 0.25) is 0 Å². The maximum Gasteiger partial charge on any atom is 0.337 e. The van der Waals surface area contributed by atoms with Crippen molar-refractivity contribution in [3.63, 3.8) is 0 Å². The highest BCUT2D eigenvalue weighted by Gasteiger charge is 2.34. The molecule has 2 N–H and O–H groups in total. The van der Waals surface area contributed by atoms with E-state index in [1.54, 1.807) is 11.3 Å². The summed E-state index contributed by atoms with van der Waals surface area (Å²) in [5, 5.41) is 13.3. The molecule has 2 aliphatic rings. The van der Waals surface area contributed by atoms with Crippen molar-refractivity contribution in [2.45, 2.75) is 0 Å². The fraction of sp³-hybridized carbons (Fsp3) is 0.450. The Labute approximate surface area is 178 Å². The van der Waals surface area contributed by atoms with E-state index >= 15 is 0 Å². The molecule has 2 aliphatic heterocycles. The van der Waals surface area contributed by atoms with Gasteiger partial charge in [0.2, 0.25) is 0 Å². The highest BCUT2D eigenvalue weighted by atomic mass is 32.1. The Kier molecular flexibility index (Phi) is 5.89. The van der Waals surface area contributed by atoms with Crippen LogP contribution in [0.4, 0.5) is 10.8 Å². The number of hydrogen-bond acceptors (Lipinski definition) is 9. The maximum absolute atomic E-state index is 12.7. The van der Waals surface area contributed by atoms with Gasteiger partial charge in [-0.1, -0.05) is 11.3 Å². The summed E-state index contributed by atoms with van der Waals surface area (Å²) in [6.07, 6.45) is 0. The second-order valence-corrected chi connectivity index (χ2v) is 8.40. The predicted octanol–water partition coefficient (Wildman–Crippen LogP) is 0.722. The summed E-state index contributed by atoms with van der Waals surface area (Å²) in [7, 11) is 3.41. The molecule has 10 heteroatoms. The van der Waals surface area contributed by atoms with E-state index in [9.17, 15) is 14.7 Å². The Bertz CT molecular complexity index is 996. The molecule has 0 unspecified atom stereocenters. The van der Waals surface area contributed by atoms with Crippen LogP contribution in [0.5, 0.6) is 0 Å². The number of fused-ring (bicyclic) bond motifs is 1. The first kappa shape index (κ1) is 20.6. The molecule has 0 spiro atoms. The Hall–Kier alpha value is -2.69. The molecule has 1 saturated heterocycles. The summed E-state index contributed by atoms with van der Waals surface area (Å²) in [5.41, 5.74) is 2.06. The molecule has 0 bridgehead atoms. The molecule has 1 aromatic heterocycles. The monoisotopic (exact) mass is 431 g/mol. The number of thiazole rings is 1. The SMILES string of the molecule is COC(=O)C1=C(Nc2ccc3nc(N4CCN(C)CC4)sc3c2)C(=O)N(CCO)C1. The molecular weight excluding hydrogens is 406 g/mol. The number of rotatable bonds is 6. The molecule has 0 radical (unpaired) electrons. The van der Waals surface area contributed by atoms with Crippen molar-refractivity contribution in [2.75, 3.05) is 70.2 Å². The van der Waals surface area contributed by atoms with Crippen LogP contribution in [-0.2, 0) is 14.3 Å². The summed E-state index contributed by atoms with van der Waals surface area (Å²) in [5.74, 6) is -0.880. The fourth-order valence-electron chi connectivity index (χ4n) is 3.62. The number of aliphatic hydroxyl groups excluding tert-OH is 1. The number of carbonyl (C=O) groups is 2. The lowest BCUT2D eigenvalue weighted by Crippen LogP contribution is -2.44. The van der Waals surface area contributed by atoms with E-state index in [-0.39, 0.29) is 36.9 Å². The van der Waals surface area contributed by atoms with Crippen LogP contribution in [-0.4, -0.2) is 91.8 Å². The number of nitrogens with zero attached hydrogens (tertiary/aromatic N) is 4. The molecular formula is C20H25N5O4S. The number of esters is 1. The van der Waals surface area contributed by atoms with Crippen LogP contribution in [0.3, 0.4) is 0 Å². The lowest BCUT2D eigenvalue weighted by Gasteiger charge is -2.31. The van der Waals surface area contributed by atoms with Gasteiger partial charge in [0.1, 0.15) is 5.70 Å². The summed E-state index contributed by atoms with van der Waals surface area (Å²) < 4.78 is 5.84. The minimum atomic E-state index is -0.553. The van der Waals surface area contributed by atoms with Gasteiger partial charge in [-0.25, -0.2) is 9.78 Å². The van der Waals surface area contributed by atoms with E-state index in [1.807, 2.05) is 18.2 Å². The van der Waals surface area contributed by atoms with Crippen molar-refractivity contribution >= 4 is 44.2 Å². The third kappa shape index (κ3) is 3.98. The number of methoxy groups -OCH3 is 1. The first-order valence-electron chi connectivity index (χ1n) is 9.83. The molecule has 4 rings (SSSR count). The molecule has 0 atom stereocenters. The Balaban J connectivity index is 1.58. The normalized spacial score (nSPS) is 17.9. The largest absolute Gasteiger partial charge is 0.466 e. The van der Waals surface area contributed by atoms with Crippen LogP contribution in [0.25, 0.3) is 10.2 Å². The van der Waals surface area contributed by atoms with Gasteiger partial charge in [-0.05, 0) is 25.2 Å². The van der Waals surface area contributed by atoms with Gasteiger partial charge >= 0.3 is 5.97 Å². The molecule has 1 amide bonds. The van der Waals surface area contributed by atoms with Gasteiger partial charge in [-0.3, -0.25) is 4.79 Å².